The maximum absolute atomic E-state index is 3.19. The van der Waals surface area contributed by atoms with Crippen LogP contribution in [0.25, 0.3) is 22.7 Å². The molecule has 3 aromatic rings. The number of hydrogen-bond acceptors (Lipinski definition) is 0. The highest BCUT2D eigenvalue weighted by Crippen LogP contribution is 2.25. The molecular weight excluding hydrogens is 254 g/mol. The quantitative estimate of drug-likeness (QED) is 0.564. The molecule has 0 N–H and O–H groups in total. The highest BCUT2D eigenvalue weighted by atomic mass is 15.0. The Balaban J connectivity index is 2.25. The van der Waals surface area contributed by atoms with E-state index in [1.165, 1.54) is 27.7 Å². The summed E-state index contributed by atoms with van der Waals surface area (Å²) in [7, 11) is 0. The zero-order valence-corrected chi connectivity index (χ0v) is 12.5. The Hall–Kier alpha value is -2.50. The number of hydrogen-bond donors (Lipinski definition) is 0. The van der Waals surface area contributed by atoms with Gasteiger partial charge >= 0.3 is 0 Å². The van der Waals surface area contributed by atoms with Crippen LogP contribution in [0.1, 0.15) is 25.0 Å². The number of nitrogens with zero attached hydrogens (tertiary/aromatic N) is 1. The summed E-state index contributed by atoms with van der Waals surface area (Å²) in [5, 5.41) is 1.27. The first kappa shape index (κ1) is 13.5. The molecule has 0 saturated heterocycles. The van der Waals surface area contributed by atoms with Crippen molar-refractivity contribution in [2.75, 3.05) is 0 Å². The van der Waals surface area contributed by atoms with E-state index in [4.69, 9.17) is 0 Å². The lowest BCUT2D eigenvalue weighted by atomic mass is 10.0. The van der Waals surface area contributed by atoms with Gasteiger partial charge in [0.1, 0.15) is 0 Å². The van der Waals surface area contributed by atoms with Gasteiger partial charge in [-0.05, 0) is 60.2 Å². The van der Waals surface area contributed by atoms with Crippen LogP contribution in [0.5, 0.6) is 0 Å². The van der Waals surface area contributed by atoms with E-state index in [1.54, 1.807) is 0 Å². The third-order valence-electron chi connectivity index (χ3n) is 3.81. The molecular formula is C20H19N. The van der Waals surface area contributed by atoms with E-state index in [0.717, 1.165) is 6.42 Å². The lowest BCUT2D eigenvalue weighted by molar-refractivity contribution is 1.04. The van der Waals surface area contributed by atoms with E-state index in [9.17, 15) is 0 Å². The van der Waals surface area contributed by atoms with Crippen molar-refractivity contribution < 1.29 is 0 Å². The van der Waals surface area contributed by atoms with Gasteiger partial charge in [-0.2, -0.15) is 0 Å². The molecule has 0 atom stereocenters. The average Bonchev–Trinajstić information content (AvgIpc) is 2.96. The second kappa shape index (κ2) is 5.87. The van der Waals surface area contributed by atoms with Gasteiger partial charge in [-0.15, -0.1) is 5.73 Å². The summed E-state index contributed by atoms with van der Waals surface area (Å²) in [4.78, 5) is 0. The zero-order chi connectivity index (χ0) is 14.7. The number of para-hydroxylation sites is 1. The molecule has 104 valence electrons. The predicted octanol–water partition coefficient (Wildman–Crippen LogP) is 5.38. The van der Waals surface area contributed by atoms with Crippen molar-refractivity contribution in [3.8, 4) is 5.69 Å². The van der Waals surface area contributed by atoms with E-state index >= 15 is 0 Å². The Morgan fingerprint density at radius 3 is 2.71 bits per heavy atom. The zero-order valence-electron chi connectivity index (χ0n) is 12.5. The summed E-state index contributed by atoms with van der Waals surface area (Å²) in [6.07, 6.45) is 7.16. The van der Waals surface area contributed by atoms with Gasteiger partial charge in [0.2, 0.25) is 0 Å². The molecule has 0 radical (unpaired) electrons. The lowest BCUT2D eigenvalue weighted by Gasteiger charge is -2.13. The molecule has 1 aromatic heterocycles. The number of fused-ring (bicyclic) bond motifs is 1. The highest BCUT2D eigenvalue weighted by Gasteiger charge is 2.09. The monoisotopic (exact) mass is 273 g/mol. The predicted molar refractivity (Wildman–Crippen MR) is 90.9 cm³/mol. The lowest BCUT2D eigenvalue weighted by Crippen LogP contribution is -1.99. The van der Waals surface area contributed by atoms with Crippen molar-refractivity contribution in [2.45, 2.75) is 20.3 Å². The third kappa shape index (κ3) is 2.44. The van der Waals surface area contributed by atoms with Gasteiger partial charge in [0.05, 0.1) is 5.52 Å². The van der Waals surface area contributed by atoms with Crippen molar-refractivity contribution in [3.05, 3.63) is 77.7 Å². The second-order valence-corrected chi connectivity index (χ2v) is 5.04. The summed E-state index contributed by atoms with van der Waals surface area (Å²) in [5.74, 6) is 0. The van der Waals surface area contributed by atoms with Gasteiger partial charge in [-0.1, -0.05) is 37.3 Å². The summed E-state index contributed by atoms with van der Waals surface area (Å²) in [5.41, 5.74) is 8.29. The average molecular weight is 273 g/mol. The molecule has 0 amide bonds. The van der Waals surface area contributed by atoms with E-state index in [2.05, 4.69) is 78.0 Å². The van der Waals surface area contributed by atoms with Crippen LogP contribution in [0, 0.1) is 0 Å². The molecule has 0 aliphatic carbocycles. The fourth-order valence-electron chi connectivity index (χ4n) is 2.80. The SMILES string of the molecule is CC=C=Cc1cccc(-n2ccc3ccccc32)c1CC. The van der Waals surface area contributed by atoms with E-state index < -0.39 is 0 Å². The van der Waals surface area contributed by atoms with Gasteiger partial charge in [0.15, 0.2) is 0 Å². The molecule has 0 saturated carbocycles. The summed E-state index contributed by atoms with van der Waals surface area (Å²) >= 11 is 0. The standard InChI is InChI=1S/C20H19N/c1-3-5-9-16-11-8-13-20(18(16)4-2)21-15-14-17-10-6-7-12-19(17)21/h3,6-15H,4H2,1-2H3. The van der Waals surface area contributed by atoms with Crippen molar-refractivity contribution in [1.82, 2.24) is 4.57 Å². The van der Waals surface area contributed by atoms with Crippen LogP contribution < -0.4 is 0 Å². The smallest absolute Gasteiger partial charge is 0.0528 e. The number of aromatic nitrogens is 1. The summed E-state index contributed by atoms with van der Waals surface area (Å²) in [6.45, 7) is 4.20. The van der Waals surface area contributed by atoms with Gasteiger partial charge in [-0.3, -0.25) is 0 Å². The van der Waals surface area contributed by atoms with Crippen molar-refractivity contribution in [3.63, 3.8) is 0 Å². The van der Waals surface area contributed by atoms with Gasteiger partial charge in [-0.25, -0.2) is 0 Å². The van der Waals surface area contributed by atoms with Crippen LogP contribution >= 0.6 is 0 Å². The van der Waals surface area contributed by atoms with Gasteiger partial charge in [0, 0.05) is 11.9 Å². The normalized spacial score (nSPS) is 10.4. The molecule has 3 rings (SSSR count). The minimum atomic E-state index is 1.000. The maximum Gasteiger partial charge on any atom is 0.0528 e. The van der Waals surface area contributed by atoms with Crippen molar-refractivity contribution in [2.24, 2.45) is 0 Å². The highest BCUT2D eigenvalue weighted by molar-refractivity contribution is 5.82. The fourth-order valence-corrected chi connectivity index (χ4v) is 2.80. The van der Waals surface area contributed by atoms with Crippen LogP contribution in [0.3, 0.4) is 0 Å². The Bertz CT molecular complexity index is 830. The topological polar surface area (TPSA) is 4.93 Å². The molecule has 21 heavy (non-hydrogen) atoms. The Morgan fingerprint density at radius 2 is 1.90 bits per heavy atom. The molecule has 0 unspecified atom stereocenters. The van der Waals surface area contributed by atoms with Crippen LogP contribution in [0.4, 0.5) is 0 Å². The largest absolute Gasteiger partial charge is 0.316 e. The van der Waals surface area contributed by atoms with Crippen LogP contribution in [0.15, 0.2) is 66.5 Å². The van der Waals surface area contributed by atoms with E-state index in [1.807, 2.05) is 13.0 Å². The second-order valence-electron chi connectivity index (χ2n) is 5.04. The van der Waals surface area contributed by atoms with Crippen molar-refractivity contribution in [1.29, 1.82) is 0 Å². The number of allylic oxidation sites excluding steroid dienone is 1. The maximum atomic E-state index is 3.19. The number of benzene rings is 2. The molecule has 2 aromatic carbocycles. The minimum absolute atomic E-state index is 1.000. The molecule has 0 spiro atoms. The van der Waals surface area contributed by atoms with E-state index in [0.29, 0.717) is 0 Å². The van der Waals surface area contributed by atoms with Crippen LogP contribution in [0.2, 0.25) is 0 Å². The van der Waals surface area contributed by atoms with Gasteiger partial charge < -0.3 is 4.57 Å². The third-order valence-corrected chi connectivity index (χ3v) is 3.81. The Morgan fingerprint density at radius 1 is 1.05 bits per heavy atom. The fraction of sp³-hybridized carbons (Fsp3) is 0.150. The van der Waals surface area contributed by atoms with Crippen LogP contribution in [-0.2, 0) is 6.42 Å². The summed E-state index contributed by atoms with van der Waals surface area (Å²) in [6, 6.07) is 17.1. The molecule has 0 fully saturated rings. The van der Waals surface area contributed by atoms with Crippen molar-refractivity contribution >= 4 is 17.0 Å². The molecule has 1 heterocycles. The minimum Gasteiger partial charge on any atom is -0.316 e. The number of rotatable bonds is 3. The molecule has 0 aliphatic rings. The Kier molecular flexibility index (Phi) is 3.77. The summed E-state index contributed by atoms with van der Waals surface area (Å²) < 4.78 is 2.28. The molecule has 0 bridgehead atoms. The van der Waals surface area contributed by atoms with Crippen LogP contribution in [-0.4, -0.2) is 4.57 Å². The molecule has 1 heteroatoms. The molecule has 0 aliphatic heterocycles. The van der Waals surface area contributed by atoms with E-state index in [-0.39, 0.29) is 0 Å². The molecule has 1 nitrogen and oxygen atoms in total. The first-order valence-electron chi connectivity index (χ1n) is 7.40. The first-order chi connectivity index (χ1) is 10.3. The Labute approximate surface area is 125 Å². The van der Waals surface area contributed by atoms with Gasteiger partial charge in [0.25, 0.3) is 0 Å². The first-order valence-corrected chi connectivity index (χ1v) is 7.40.